The minimum absolute atomic E-state index is 0.000294. The molecular weight excluding hydrogens is 610 g/mol. The molecule has 0 aliphatic carbocycles. The van der Waals surface area contributed by atoms with Gasteiger partial charge in [0.15, 0.2) is 0 Å². The lowest BCUT2D eigenvalue weighted by atomic mass is 9.77. The molecule has 2 N–H and O–H groups in total. The van der Waals surface area contributed by atoms with Gasteiger partial charge in [0.1, 0.15) is 24.5 Å². The fourth-order valence-electron chi connectivity index (χ4n) is 6.65. The van der Waals surface area contributed by atoms with Crippen molar-refractivity contribution < 1.29 is 38.8 Å². The molecule has 13 nitrogen and oxygen atoms in total. The third-order valence-corrected chi connectivity index (χ3v) is 10.9. The van der Waals surface area contributed by atoms with Crippen molar-refractivity contribution in [1.29, 1.82) is 0 Å². The molecular formula is C29H32N5O8S2+. The van der Waals surface area contributed by atoms with Crippen molar-refractivity contribution in [2.75, 3.05) is 19.3 Å². The van der Waals surface area contributed by atoms with Gasteiger partial charge in [0.05, 0.1) is 27.9 Å². The van der Waals surface area contributed by atoms with E-state index in [-0.39, 0.29) is 41.9 Å². The Balaban J connectivity index is 1.15. The number of benzene rings is 1. The number of thioether (sulfide) groups is 1. The lowest BCUT2D eigenvalue weighted by Gasteiger charge is -2.46. The number of aromatic nitrogens is 2. The molecule has 3 aliphatic rings. The monoisotopic (exact) mass is 642 g/mol. The van der Waals surface area contributed by atoms with Gasteiger partial charge in [0.25, 0.3) is 12.0 Å². The first kappa shape index (κ1) is 30.1. The zero-order valence-electron chi connectivity index (χ0n) is 24.3. The number of non-ortho nitro benzene ring substituents is 1. The predicted octanol–water partition coefficient (Wildman–Crippen LogP) is 3.55. The van der Waals surface area contributed by atoms with Crippen LogP contribution in [0.2, 0.25) is 0 Å². The molecule has 3 aliphatic heterocycles. The molecule has 6 rings (SSSR count). The van der Waals surface area contributed by atoms with Gasteiger partial charge in [-0.25, -0.2) is 14.2 Å². The van der Waals surface area contributed by atoms with E-state index in [4.69, 9.17) is 4.74 Å². The van der Waals surface area contributed by atoms with Crippen LogP contribution >= 0.6 is 23.1 Å². The molecule has 2 amide bonds. The smallest absolute Gasteiger partial charge is 0.410 e. The zero-order valence-corrected chi connectivity index (χ0v) is 25.9. The summed E-state index contributed by atoms with van der Waals surface area (Å²) in [5, 5.41) is 32.1. The number of carbonyl (C=O) groups is 3. The number of nitrogens with zero attached hydrogens (tertiary/aromatic N) is 5. The van der Waals surface area contributed by atoms with Gasteiger partial charge in [-0.05, 0) is 30.9 Å². The number of amides is 2. The number of aliphatic carboxylic acids is 1. The molecule has 4 atom stereocenters. The number of nitro groups is 1. The normalized spacial score (nSPS) is 22.7. The fraction of sp³-hybridized carbons (Fsp3) is 0.448. The Kier molecular flexibility index (Phi) is 7.88. The fourth-order valence-corrected chi connectivity index (χ4v) is 8.88. The molecule has 2 fully saturated rings. The van der Waals surface area contributed by atoms with E-state index in [1.807, 2.05) is 30.1 Å². The van der Waals surface area contributed by atoms with Crippen LogP contribution in [-0.2, 0) is 20.9 Å². The van der Waals surface area contributed by atoms with Gasteiger partial charge in [0.2, 0.25) is 15.8 Å². The molecule has 0 bridgehead atoms. The maximum atomic E-state index is 12.8. The highest BCUT2D eigenvalue weighted by atomic mass is 32.2. The summed E-state index contributed by atoms with van der Waals surface area (Å²) in [6.07, 6.45) is 6.09. The van der Waals surface area contributed by atoms with E-state index in [1.165, 1.54) is 28.4 Å². The number of piperidine rings is 1. The molecule has 0 unspecified atom stereocenters. The van der Waals surface area contributed by atoms with Gasteiger partial charge in [-0.15, -0.1) is 0 Å². The van der Waals surface area contributed by atoms with Crippen molar-refractivity contribution in [3.63, 3.8) is 0 Å². The summed E-state index contributed by atoms with van der Waals surface area (Å²) in [7, 11) is 0. The number of nitro benzene ring substituents is 1. The third-order valence-electron chi connectivity index (χ3n) is 8.82. The number of likely N-dealkylation sites (tertiary alicyclic amines) is 1. The Morgan fingerprint density at radius 2 is 1.93 bits per heavy atom. The predicted molar refractivity (Wildman–Crippen MR) is 160 cm³/mol. The van der Waals surface area contributed by atoms with Gasteiger partial charge in [0, 0.05) is 49.6 Å². The summed E-state index contributed by atoms with van der Waals surface area (Å²) in [6, 6.07) is 5.68. The van der Waals surface area contributed by atoms with E-state index in [1.54, 1.807) is 35.7 Å². The van der Waals surface area contributed by atoms with Crippen molar-refractivity contribution in [1.82, 2.24) is 14.2 Å². The van der Waals surface area contributed by atoms with Crippen LogP contribution in [0, 0.1) is 22.0 Å². The number of thiazole rings is 1. The number of β-lactam (4-membered cyclic amide) rings is 1. The first-order valence-corrected chi connectivity index (χ1v) is 16.3. The van der Waals surface area contributed by atoms with Gasteiger partial charge >= 0.3 is 12.1 Å². The first-order valence-electron chi connectivity index (χ1n) is 14.2. The minimum atomic E-state index is -1.15. The molecule has 0 radical (unpaired) electrons. The molecule has 3 aromatic rings. The van der Waals surface area contributed by atoms with Crippen LogP contribution < -0.4 is 4.57 Å². The molecule has 2 saturated heterocycles. The number of aliphatic hydroxyl groups is 1. The van der Waals surface area contributed by atoms with E-state index in [0.717, 1.165) is 27.6 Å². The molecule has 0 saturated carbocycles. The number of carboxylic acid groups (broad SMARTS) is 1. The number of carboxylic acids is 1. The molecule has 5 heterocycles. The SMILES string of the molecule is CSc1c2sc(C3=C(C(=O)O)N4C(=O)[C@H]([C@@H](C)O)[C@H]4[C@H]3C)cn2c[n+]1C1CCN(C(=O)OCc2ccc([N+](=O)[O-])cc2)CC1. The third kappa shape index (κ3) is 4.92. The number of imidazole rings is 1. The van der Waals surface area contributed by atoms with Gasteiger partial charge < -0.3 is 24.7 Å². The summed E-state index contributed by atoms with van der Waals surface area (Å²) in [6.45, 7) is 4.55. The van der Waals surface area contributed by atoms with Crippen LogP contribution in [0.25, 0.3) is 10.4 Å². The highest BCUT2D eigenvalue weighted by Gasteiger charge is 2.60. The molecule has 0 spiro atoms. The van der Waals surface area contributed by atoms with Crippen LogP contribution in [0.1, 0.15) is 43.2 Å². The molecule has 2 aromatic heterocycles. The topological polar surface area (TPSA) is 159 Å². The van der Waals surface area contributed by atoms with Crippen molar-refractivity contribution in [2.45, 2.75) is 56.5 Å². The second-order valence-electron chi connectivity index (χ2n) is 11.4. The summed E-state index contributed by atoms with van der Waals surface area (Å²) >= 11 is 3.09. The molecule has 15 heteroatoms. The summed E-state index contributed by atoms with van der Waals surface area (Å²) < 4.78 is 9.66. The van der Waals surface area contributed by atoms with Crippen LogP contribution in [0.3, 0.4) is 0 Å². The second kappa shape index (κ2) is 11.5. The van der Waals surface area contributed by atoms with E-state index >= 15 is 0 Å². The Hall–Kier alpha value is -3.95. The quantitative estimate of drug-likeness (QED) is 0.123. The molecule has 232 valence electrons. The number of hydrogen-bond donors (Lipinski definition) is 2. The Labute approximate surface area is 260 Å². The zero-order chi connectivity index (χ0) is 31.4. The largest absolute Gasteiger partial charge is 0.477 e. The number of carbonyl (C=O) groups excluding carboxylic acids is 2. The standard InChI is InChI=1S/C29H31N5O8S2/c1-15-21(24(28(37)38)33-23(15)22(16(2)35)25(33)36)20-12-31-14-32(27(43-3)26(31)44-20)18-8-10-30(11-9-18)29(39)42-13-17-4-6-19(7-5-17)34(40)41/h4-7,12,14-16,18,22-23,35H,8-11,13H2,1-3H3/p+1/t15-,16+,22+,23+/m0/s1. The van der Waals surface area contributed by atoms with Gasteiger partial charge in [-0.1, -0.05) is 30.0 Å². The van der Waals surface area contributed by atoms with E-state index in [0.29, 0.717) is 24.2 Å². The highest BCUT2D eigenvalue weighted by Crippen LogP contribution is 2.51. The summed E-state index contributed by atoms with van der Waals surface area (Å²) in [5.74, 6) is -2.35. The number of fused-ring (bicyclic) bond motifs is 2. The average molecular weight is 643 g/mol. The van der Waals surface area contributed by atoms with Crippen molar-refractivity contribution >= 4 is 57.2 Å². The summed E-state index contributed by atoms with van der Waals surface area (Å²) in [5.41, 5.74) is 1.27. The number of aliphatic hydroxyl groups excluding tert-OH is 1. The lowest BCUT2D eigenvalue weighted by Crippen LogP contribution is -2.63. The number of hydrogen-bond acceptors (Lipinski definition) is 9. The van der Waals surface area contributed by atoms with Crippen molar-refractivity contribution in [3.05, 3.63) is 63.0 Å². The lowest BCUT2D eigenvalue weighted by molar-refractivity contribution is -0.756. The van der Waals surface area contributed by atoms with Gasteiger partial charge in [-0.3, -0.25) is 14.9 Å². The Bertz CT molecular complexity index is 1690. The number of ether oxygens (including phenoxy) is 1. The minimum Gasteiger partial charge on any atom is -0.477 e. The maximum absolute atomic E-state index is 12.8. The Morgan fingerprint density at radius 1 is 1.25 bits per heavy atom. The van der Waals surface area contributed by atoms with Crippen molar-refractivity contribution in [2.24, 2.45) is 11.8 Å². The summed E-state index contributed by atoms with van der Waals surface area (Å²) in [4.78, 5) is 52.9. The average Bonchev–Trinajstić information content (AvgIpc) is 3.63. The molecule has 1 aromatic carbocycles. The van der Waals surface area contributed by atoms with Crippen LogP contribution in [0.15, 0.2) is 47.5 Å². The Morgan fingerprint density at radius 3 is 2.52 bits per heavy atom. The second-order valence-corrected chi connectivity index (χ2v) is 13.2. The van der Waals surface area contributed by atoms with Crippen LogP contribution in [-0.4, -0.2) is 78.8 Å². The first-order chi connectivity index (χ1) is 21.0. The van der Waals surface area contributed by atoms with Crippen LogP contribution in [0.5, 0.6) is 0 Å². The van der Waals surface area contributed by atoms with Crippen molar-refractivity contribution in [3.8, 4) is 0 Å². The van der Waals surface area contributed by atoms with Crippen LogP contribution in [0.4, 0.5) is 10.5 Å². The maximum Gasteiger partial charge on any atom is 0.410 e. The van der Waals surface area contributed by atoms with E-state index in [9.17, 15) is 34.7 Å². The van der Waals surface area contributed by atoms with E-state index in [2.05, 4.69) is 4.57 Å². The van der Waals surface area contributed by atoms with Gasteiger partial charge in [-0.2, -0.15) is 4.40 Å². The molecule has 44 heavy (non-hydrogen) atoms. The van der Waals surface area contributed by atoms with E-state index < -0.39 is 29.0 Å². The highest BCUT2D eigenvalue weighted by molar-refractivity contribution is 7.98. The number of rotatable bonds is 8.